The first-order chi connectivity index (χ1) is 9.30. The molecule has 1 unspecified atom stereocenters. The number of pyridine rings is 1. The quantitative estimate of drug-likeness (QED) is 0.702. The van der Waals surface area contributed by atoms with Crippen LogP contribution in [0.5, 0.6) is 0 Å². The van der Waals surface area contributed by atoms with Crippen LogP contribution < -0.4 is 5.32 Å². The van der Waals surface area contributed by atoms with E-state index < -0.39 is 0 Å². The Morgan fingerprint density at radius 1 is 1.26 bits per heavy atom. The Labute approximate surface area is 117 Å². The van der Waals surface area contributed by atoms with Gasteiger partial charge in [0.25, 0.3) is 0 Å². The van der Waals surface area contributed by atoms with Crippen LogP contribution in [0.3, 0.4) is 0 Å². The van der Waals surface area contributed by atoms with Crippen molar-refractivity contribution in [3.05, 3.63) is 29.6 Å². The summed E-state index contributed by atoms with van der Waals surface area (Å²) in [5.41, 5.74) is 2.10. The lowest BCUT2D eigenvalue weighted by molar-refractivity contribution is 0.0798. The van der Waals surface area contributed by atoms with Gasteiger partial charge in [-0.1, -0.05) is 39.2 Å². The second kappa shape index (κ2) is 9.93. The predicted octanol–water partition coefficient (Wildman–Crippen LogP) is 3.53. The van der Waals surface area contributed by atoms with Crippen molar-refractivity contribution < 1.29 is 4.74 Å². The molecule has 0 aliphatic heterocycles. The van der Waals surface area contributed by atoms with Crippen molar-refractivity contribution in [3.63, 3.8) is 0 Å². The fourth-order valence-corrected chi connectivity index (χ4v) is 2.12. The summed E-state index contributed by atoms with van der Waals surface area (Å²) in [6.07, 6.45) is 5.05. The molecule has 1 atom stereocenters. The van der Waals surface area contributed by atoms with Crippen LogP contribution >= 0.6 is 0 Å². The summed E-state index contributed by atoms with van der Waals surface area (Å²) in [6.45, 7) is 6.77. The highest BCUT2D eigenvalue weighted by Gasteiger charge is 2.06. The highest BCUT2D eigenvalue weighted by atomic mass is 16.5. The average molecular weight is 264 g/mol. The third-order valence-corrected chi connectivity index (χ3v) is 3.37. The van der Waals surface area contributed by atoms with Crippen LogP contribution in [0.4, 0.5) is 0 Å². The van der Waals surface area contributed by atoms with Gasteiger partial charge in [0.1, 0.15) is 0 Å². The number of ether oxygens (including phenoxy) is 1. The standard InChI is InChI=1S/C16H28N2O/c1-4-6-8-14(5-2)12-19-13-16-10-7-9-15(18-16)11-17-3/h7,9-10,14,17H,4-6,8,11-13H2,1-3H3. The molecule has 0 aliphatic carbocycles. The molecule has 0 amide bonds. The summed E-state index contributed by atoms with van der Waals surface area (Å²) in [5.74, 6) is 0.695. The minimum atomic E-state index is 0.625. The number of aromatic nitrogens is 1. The summed E-state index contributed by atoms with van der Waals surface area (Å²) >= 11 is 0. The monoisotopic (exact) mass is 264 g/mol. The lowest BCUT2D eigenvalue weighted by atomic mass is 10.0. The van der Waals surface area contributed by atoms with Gasteiger partial charge in [0.2, 0.25) is 0 Å². The van der Waals surface area contributed by atoms with Gasteiger partial charge >= 0.3 is 0 Å². The number of nitrogens with one attached hydrogen (secondary N) is 1. The van der Waals surface area contributed by atoms with E-state index in [1.54, 1.807) is 0 Å². The highest BCUT2D eigenvalue weighted by Crippen LogP contribution is 2.13. The first-order valence-corrected chi connectivity index (χ1v) is 7.47. The summed E-state index contributed by atoms with van der Waals surface area (Å²) in [7, 11) is 1.93. The van der Waals surface area contributed by atoms with Gasteiger partial charge in [0.15, 0.2) is 0 Å². The Balaban J connectivity index is 2.33. The van der Waals surface area contributed by atoms with Crippen molar-refractivity contribution in [3.8, 4) is 0 Å². The van der Waals surface area contributed by atoms with Crippen molar-refractivity contribution >= 4 is 0 Å². The van der Waals surface area contributed by atoms with Crippen LogP contribution in [0, 0.1) is 5.92 Å². The summed E-state index contributed by atoms with van der Waals surface area (Å²) < 4.78 is 5.82. The lowest BCUT2D eigenvalue weighted by Gasteiger charge is -2.14. The molecule has 3 nitrogen and oxygen atoms in total. The molecule has 3 heteroatoms. The molecule has 0 fully saturated rings. The highest BCUT2D eigenvalue weighted by molar-refractivity contribution is 5.10. The van der Waals surface area contributed by atoms with Gasteiger partial charge < -0.3 is 10.1 Å². The number of hydrogen-bond donors (Lipinski definition) is 1. The number of unbranched alkanes of at least 4 members (excludes halogenated alkanes) is 1. The predicted molar refractivity (Wildman–Crippen MR) is 80.0 cm³/mol. The Hall–Kier alpha value is -0.930. The smallest absolute Gasteiger partial charge is 0.0888 e. The molecule has 1 heterocycles. The van der Waals surface area contributed by atoms with Gasteiger partial charge in [-0.05, 0) is 31.5 Å². The van der Waals surface area contributed by atoms with Crippen LogP contribution in [0.25, 0.3) is 0 Å². The van der Waals surface area contributed by atoms with Crippen LogP contribution in [-0.2, 0) is 17.9 Å². The molecular weight excluding hydrogens is 236 g/mol. The summed E-state index contributed by atoms with van der Waals surface area (Å²) in [6, 6.07) is 6.12. The molecule has 0 aromatic carbocycles. The molecule has 0 saturated carbocycles. The molecular formula is C16H28N2O. The topological polar surface area (TPSA) is 34.1 Å². The van der Waals surface area contributed by atoms with Gasteiger partial charge in [-0.25, -0.2) is 0 Å². The Kier molecular flexibility index (Phi) is 8.43. The maximum Gasteiger partial charge on any atom is 0.0888 e. The van der Waals surface area contributed by atoms with E-state index in [9.17, 15) is 0 Å². The van der Waals surface area contributed by atoms with E-state index in [1.165, 1.54) is 25.7 Å². The first kappa shape index (κ1) is 16.1. The molecule has 108 valence electrons. The van der Waals surface area contributed by atoms with Crippen molar-refractivity contribution in [2.75, 3.05) is 13.7 Å². The van der Waals surface area contributed by atoms with Gasteiger partial charge in [-0.2, -0.15) is 0 Å². The molecule has 1 N–H and O–H groups in total. The maximum atomic E-state index is 5.82. The average Bonchev–Trinajstić information content (AvgIpc) is 2.43. The fraction of sp³-hybridized carbons (Fsp3) is 0.688. The zero-order valence-electron chi connectivity index (χ0n) is 12.6. The van der Waals surface area contributed by atoms with E-state index in [1.807, 2.05) is 25.2 Å². The minimum Gasteiger partial charge on any atom is -0.375 e. The van der Waals surface area contributed by atoms with E-state index in [2.05, 4.69) is 24.1 Å². The van der Waals surface area contributed by atoms with Gasteiger partial charge in [-0.15, -0.1) is 0 Å². The first-order valence-electron chi connectivity index (χ1n) is 7.47. The summed E-state index contributed by atoms with van der Waals surface area (Å²) in [5, 5.41) is 3.11. The van der Waals surface area contributed by atoms with Crippen molar-refractivity contribution in [2.24, 2.45) is 5.92 Å². The number of rotatable bonds is 10. The molecule has 1 rings (SSSR count). The lowest BCUT2D eigenvalue weighted by Crippen LogP contribution is -2.11. The second-order valence-corrected chi connectivity index (χ2v) is 5.08. The molecule has 0 saturated heterocycles. The summed E-state index contributed by atoms with van der Waals surface area (Å²) in [4.78, 5) is 4.56. The van der Waals surface area contributed by atoms with E-state index in [0.717, 1.165) is 24.5 Å². The third-order valence-electron chi connectivity index (χ3n) is 3.37. The van der Waals surface area contributed by atoms with Gasteiger partial charge in [-0.3, -0.25) is 4.98 Å². The molecule has 0 aliphatic rings. The van der Waals surface area contributed by atoms with E-state index >= 15 is 0 Å². The van der Waals surface area contributed by atoms with E-state index in [-0.39, 0.29) is 0 Å². The second-order valence-electron chi connectivity index (χ2n) is 5.08. The minimum absolute atomic E-state index is 0.625. The Morgan fingerprint density at radius 3 is 2.74 bits per heavy atom. The van der Waals surface area contributed by atoms with E-state index in [0.29, 0.717) is 12.5 Å². The molecule has 1 aromatic rings. The van der Waals surface area contributed by atoms with E-state index in [4.69, 9.17) is 4.74 Å². The zero-order valence-corrected chi connectivity index (χ0v) is 12.6. The van der Waals surface area contributed by atoms with Gasteiger partial charge in [0.05, 0.1) is 18.0 Å². The van der Waals surface area contributed by atoms with Crippen LogP contribution in [0.1, 0.15) is 50.9 Å². The number of hydrogen-bond acceptors (Lipinski definition) is 3. The molecule has 0 spiro atoms. The Bertz CT molecular complexity index is 341. The largest absolute Gasteiger partial charge is 0.375 e. The molecule has 19 heavy (non-hydrogen) atoms. The number of nitrogens with zero attached hydrogens (tertiary/aromatic N) is 1. The van der Waals surface area contributed by atoms with Crippen molar-refractivity contribution in [1.29, 1.82) is 0 Å². The SMILES string of the molecule is CCCCC(CC)COCc1cccc(CNC)n1. The third kappa shape index (κ3) is 6.69. The molecule has 0 bridgehead atoms. The Morgan fingerprint density at radius 2 is 2.05 bits per heavy atom. The van der Waals surface area contributed by atoms with Crippen LogP contribution in [0.2, 0.25) is 0 Å². The van der Waals surface area contributed by atoms with Crippen LogP contribution in [-0.4, -0.2) is 18.6 Å². The molecule has 1 aromatic heterocycles. The maximum absolute atomic E-state index is 5.82. The van der Waals surface area contributed by atoms with Crippen molar-refractivity contribution in [2.45, 2.75) is 52.7 Å². The van der Waals surface area contributed by atoms with Gasteiger partial charge in [0, 0.05) is 13.2 Å². The normalized spacial score (nSPS) is 12.6. The zero-order chi connectivity index (χ0) is 13.9. The van der Waals surface area contributed by atoms with Crippen LogP contribution in [0.15, 0.2) is 18.2 Å². The molecule has 0 radical (unpaired) electrons. The fourth-order valence-electron chi connectivity index (χ4n) is 2.12. The van der Waals surface area contributed by atoms with Crippen molar-refractivity contribution in [1.82, 2.24) is 10.3 Å².